The van der Waals surface area contributed by atoms with Crippen LogP contribution in [-0.4, -0.2) is 0 Å². The Hall–Kier alpha value is -7.72. The van der Waals surface area contributed by atoms with Crippen LogP contribution in [0.4, 0.5) is 0 Å². The average Bonchev–Trinajstić information content (AvgIpc) is 3.64. The Kier molecular flexibility index (Phi) is 8.62. The molecule has 2 atom stereocenters. The van der Waals surface area contributed by atoms with Crippen molar-refractivity contribution >= 4 is 5.70 Å². The maximum absolute atomic E-state index is 6.54. The number of para-hydroxylation sites is 2. The molecule has 9 aromatic rings. The van der Waals surface area contributed by atoms with Crippen LogP contribution < -0.4 is 15.4 Å². The molecule has 2 heterocycles. The Morgan fingerprint density at radius 1 is 0.355 bits per heavy atom. The van der Waals surface area contributed by atoms with Gasteiger partial charge in [-0.3, -0.25) is 5.32 Å². The minimum absolute atomic E-state index is 0.0301. The van der Waals surface area contributed by atoms with Crippen molar-refractivity contribution in [1.29, 1.82) is 0 Å². The van der Waals surface area contributed by atoms with Crippen LogP contribution in [0.2, 0.25) is 0 Å². The SMILES string of the molecule is C1=C(c2cccc(-c3cccc(-c4cccc(-c5ccc6c(c5)-c5ccccc5C65c6ccccc6Oc6ccccc65)c4)c3)c2)NC(c2ccccc2)NC1c1ccccc1. The summed E-state index contributed by atoms with van der Waals surface area (Å²) >= 11 is 0. The maximum Gasteiger partial charge on any atom is 0.132 e. The molecule has 3 nitrogen and oxygen atoms in total. The van der Waals surface area contributed by atoms with Gasteiger partial charge in [-0.25, -0.2) is 0 Å². The third-order valence-corrected chi connectivity index (χ3v) is 13.0. The molecule has 2 aliphatic heterocycles. The normalized spacial score (nSPS) is 16.5. The van der Waals surface area contributed by atoms with Gasteiger partial charge in [0.2, 0.25) is 0 Å². The zero-order chi connectivity index (χ0) is 41.0. The fourth-order valence-corrected chi connectivity index (χ4v) is 10.2. The summed E-state index contributed by atoms with van der Waals surface area (Å²) in [7, 11) is 0. The quantitative estimate of drug-likeness (QED) is 0.176. The highest BCUT2D eigenvalue weighted by Gasteiger charge is 2.50. The standard InChI is InChI=1S/C59H42N2O/c1-3-16-39(17-4-1)54-38-55(61-58(60-54)40-18-5-2-6-19-40)47-25-15-24-45(36-47)43-22-13-20-41(34-43)42-21-14-23-44(35-42)46-32-33-51-49(37-46)48-26-7-8-27-50(48)59(51)52-28-9-11-30-56(52)62-57-31-12-10-29-53(57)59/h1-38,54,58,60-61H. The van der Waals surface area contributed by atoms with E-state index in [0.717, 1.165) is 22.8 Å². The van der Waals surface area contributed by atoms with E-state index < -0.39 is 5.41 Å². The molecule has 0 radical (unpaired) electrons. The molecule has 3 aliphatic rings. The van der Waals surface area contributed by atoms with Crippen molar-refractivity contribution in [3.63, 3.8) is 0 Å². The molecule has 3 heteroatoms. The zero-order valence-electron chi connectivity index (χ0n) is 34.0. The highest BCUT2D eigenvalue weighted by molar-refractivity contribution is 5.91. The molecule has 62 heavy (non-hydrogen) atoms. The second-order valence-corrected chi connectivity index (χ2v) is 16.5. The maximum atomic E-state index is 6.54. The van der Waals surface area contributed by atoms with E-state index in [0.29, 0.717) is 0 Å². The van der Waals surface area contributed by atoms with Crippen LogP contribution >= 0.6 is 0 Å². The molecule has 0 bridgehead atoms. The molecule has 0 saturated heterocycles. The van der Waals surface area contributed by atoms with Gasteiger partial charge in [0, 0.05) is 16.8 Å². The first-order chi connectivity index (χ1) is 30.7. The fourth-order valence-electron chi connectivity index (χ4n) is 10.2. The minimum Gasteiger partial charge on any atom is -0.457 e. The highest BCUT2D eigenvalue weighted by atomic mass is 16.5. The van der Waals surface area contributed by atoms with Gasteiger partial charge >= 0.3 is 0 Å². The first-order valence-electron chi connectivity index (χ1n) is 21.5. The first kappa shape index (κ1) is 36.2. The van der Waals surface area contributed by atoms with Crippen molar-refractivity contribution < 1.29 is 4.74 Å². The Labute approximate surface area is 362 Å². The van der Waals surface area contributed by atoms with E-state index in [1.165, 1.54) is 77.9 Å². The number of nitrogens with one attached hydrogen (secondary N) is 2. The fraction of sp³-hybridized carbons (Fsp3) is 0.0508. The molecular formula is C59H42N2O. The lowest BCUT2D eigenvalue weighted by Gasteiger charge is -2.39. The molecule has 0 fully saturated rings. The van der Waals surface area contributed by atoms with E-state index in [2.05, 4.69) is 241 Å². The lowest BCUT2D eigenvalue weighted by molar-refractivity contribution is 0.436. The summed E-state index contributed by atoms with van der Waals surface area (Å²) in [6, 6.07) is 81.3. The zero-order valence-corrected chi connectivity index (χ0v) is 34.0. The van der Waals surface area contributed by atoms with Gasteiger partial charge in [-0.1, -0.05) is 188 Å². The van der Waals surface area contributed by atoms with Crippen LogP contribution in [-0.2, 0) is 5.41 Å². The highest BCUT2D eigenvalue weighted by Crippen LogP contribution is 2.62. The summed E-state index contributed by atoms with van der Waals surface area (Å²) in [5.41, 5.74) is 18.8. The first-order valence-corrected chi connectivity index (χ1v) is 21.5. The third-order valence-electron chi connectivity index (χ3n) is 13.0. The molecule has 0 aromatic heterocycles. The van der Waals surface area contributed by atoms with Crippen LogP contribution in [0.1, 0.15) is 51.2 Å². The van der Waals surface area contributed by atoms with Gasteiger partial charge < -0.3 is 10.1 Å². The molecule has 12 rings (SSSR count). The van der Waals surface area contributed by atoms with E-state index in [1.54, 1.807) is 0 Å². The lowest BCUT2D eigenvalue weighted by Crippen LogP contribution is -2.39. The van der Waals surface area contributed by atoms with Crippen LogP contribution in [0, 0.1) is 0 Å². The van der Waals surface area contributed by atoms with Gasteiger partial charge in [0.05, 0.1) is 11.5 Å². The lowest BCUT2D eigenvalue weighted by atomic mass is 9.66. The van der Waals surface area contributed by atoms with Crippen molar-refractivity contribution in [3.05, 3.63) is 269 Å². The van der Waals surface area contributed by atoms with Gasteiger partial charge in [0.25, 0.3) is 0 Å². The number of hydrogen-bond acceptors (Lipinski definition) is 3. The van der Waals surface area contributed by atoms with Gasteiger partial charge in [-0.15, -0.1) is 0 Å². The summed E-state index contributed by atoms with van der Waals surface area (Å²) < 4.78 is 6.54. The average molecular weight is 795 g/mol. The topological polar surface area (TPSA) is 33.3 Å². The number of hydrogen-bond donors (Lipinski definition) is 2. The number of ether oxygens (including phenoxy) is 1. The van der Waals surface area contributed by atoms with E-state index in [4.69, 9.17) is 4.74 Å². The summed E-state index contributed by atoms with van der Waals surface area (Å²) in [4.78, 5) is 0. The Bertz CT molecular complexity index is 3140. The van der Waals surface area contributed by atoms with Crippen molar-refractivity contribution in [3.8, 4) is 56.0 Å². The number of rotatable bonds is 6. The Morgan fingerprint density at radius 2 is 0.823 bits per heavy atom. The summed E-state index contributed by atoms with van der Waals surface area (Å²) in [6.45, 7) is 0. The van der Waals surface area contributed by atoms with Crippen LogP contribution in [0.3, 0.4) is 0 Å². The molecule has 1 aliphatic carbocycles. The largest absolute Gasteiger partial charge is 0.457 e. The van der Waals surface area contributed by atoms with Gasteiger partial charge in [0.15, 0.2) is 0 Å². The number of fused-ring (bicyclic) bond motifs is 9. The molecule has 2 unspecified atom stereocenters. The molecule has 294 valence electrons. The third kappa shape index (κ3) is 5.93. The summed E-state index contributed by atoms with van der Waals surface area (Å²) in [6.07, 6.45) is 2.28. The van der Waals surface area contributed by atoms with Crippen LogP contribution in [0.5, 0.6) is 11.5 Å². The Morgan fingerprint density at radius 3 is 1.44 bits per heavy atom. The second kappa shape index (κ2) is 14.8. The van der Waals surface area contributed by atoms with E-state index in [9.17, 15) is 0 Å². The molecule has 9 aromatic carbocycles. The van der Waals surface area contributed by atoms with Crippen LogP contribution in [0.25, 0.3) is 50.2 Å². The van der Waals surface area contributed by atoms with Crippen molar-refractivity contribution in [1.82, 2.24) is 10.6 Å². The van der Waals surface area contributed by atoms with Crippen LogP contribution in [0.15, 0.2) is 231 Å². The van der Waals surface area contributed by atoms with E-state index in [-0.39, 0.29) is 12.2 Å². The predicted molar refractivity (Wildman–Crippen MR) is 253 cm³/mol. The van der Waals surface area contributed by atoms with E-state index in [1.807, 2.05) is 0 Å². The minimum atomic E-state index is -0.469. The summed E-state index contributed by atoms with van der Waals surface area (Å²) in [5, 5.41) is 7.63. The smallest absolute Gasteiger partial charge is 0.132 e. The predicted octanol–water partition coefficient (Wildman–Crippen LogP) is 14.1. The second-order valence-electron chi connectivity index (χ2n) is 16.5. The van der Waals surface area contributed by atoms with Gasteiger partial charge in [0.1, 0.15) is 17.7 Å². The Balaban J connectivity index is 0.893. The number of benzene rings is 9. The molecule has 0 amide bonds. The van der Waals surface area contributed by atoms with Gasteiger partial charge in [-0.05, 0) is 115 Å². The summed E-state index contributed by atoms with van der Waals surface area (Å²) in [5.74, 6) is 1.82. The molecule has 1 spiro atoms. The molecule has 2 N–H and O–H groups in total. The monoisotopic (exact) mass is 794 g/mol. The van der Waals surface area contributed by atoms with E-state index >= 15 is 0 Å². The van der Waals surface area contributed by atoms with Crippen molar-refractivity contribution in [2.75, 3.05) is 0 Å². The molecule has 0 saturated carbocycles. The van der Waals surface area contributed by atoms with Gasteiger partial charge in [-0.2, -0.15) is 0 Å². The molecular weight excluding hydrogens is 753 g/mol. The van der Waals surface area contributed by atoms with Crippen molar-refractivity contribution in [2.45, 2.75) is 17.6 Å². The van der Waals surface area contributed by atoms with Crippen molar-refractivity contribution in [2.24, 2.45) is 0 Å².